The van der Waals surface area contributed by atoms with Gasteiger partial charge in [-0.3, -0.25) is 9.59 Å². The van der Waals surface area contributed by atoms with E-state index >= 15 is 0 Å². The molecule has 4 nitrogen and oxygen atoms in total. The van der Waals surface area contributed by atoms with E-state index in [1.807, 2.05) is 0 Å². The number of benzene rings is 2. The van der Waals surface area contributed by atoms with Crippen molar-refractivity contribution >= 4 is 23.4 Å². The van der Waals surface area contributed by atoms with E-state index in [1.165, 1.54) is 35.2 Å². The SMILES string of the molecule is CCNC(=O)[C@@H](CC)N(Cc1ccc(F)cc1)C(=O)Cc1c(F)cccc1Cl. The first-order valence-electron chi connectivity index (χ1n) is 9.11. The summed E-state index contributed by atoms with van der Waals surface area (Å²) in [6, 6.07) is 9.16. The van der Waals surface area contributed by atoms with Crippen LogP contribution >= 0.6 is 11.6 Å². The number of carbonyl (C=O) groups excluding carboxylic acids is 2. The summed E-state index contributed by atoms with van der Waals surface area (Å²) in [5.74, 6) is -1.70. The van der Waals surface area contributed by atoms with Crippen LogP contribution in [-0.2, 0) is 22.6 Å². The summed E-state index contributed by atoms with van der Waals surface area (Å²) < 4.78 is 27.3. The molecular weight excluding hydrogens is 386 g/mol. The molecule has 7 heteroatoms. The second-order valence-corrected chi connectivity index (χ2v) is 6.75. The topological polar surface area (TPSA) is 49.4 Å². The Kier molecular flexibility index (Phi) is 7.93. The van der Waals surface area contributed by atoms with Gasteiger partial charge in [-0.2, -0.15) is 0 Å². The second kappa shape index (κ2) is 10.2. The molecule has 1 atom stereocenters. The number of nitrogens with one attached hydrogen (secondary N) is 1. The predicted octanol–water partition coefficient (Wildman–Crippen LogP) is 4.10. The molecule has 0 fully saturated rings. The lowest BCUT2D eigenvalue weighted by Crippen LogP contribution is -2.49. The van der Waals surface area contributed by atoms with Gasteiger partial charge in [0.25, 0.3) is 0 Å². The Labute approximate surface area is 168 Å². The van der Waals surface area contributed by atoms with E-state index in [4.69, 9.17) is 11.6 Å². The zero-order valence-electron chi connectivity index (χ0n) is 15.8. The molecule has 2 amide bonds. The summed E-state index contributed by atoms with van der Waals surface area (Å²) in [7, 11) is 0. The summed E-state index contributed by atoms with van der Waals surface area (Å²) in [6.45, 7) is 4.10. The molecule has 1 N–H and O–H groups in total. The number of carbonyl (C=O) groups is 2. The van der Waals surface area contributed by atoms with E-state index in [-0.39, 0.29) is 29.5 Å². The molecule has 0 aromatic heterocycles. The Morgan fingerprint density at radius 2 is 1.79 bits per heavy atom. The normalized spacial score (nSPS) is 11.8. The highest BCUT2D eigenvalue weighted by molar-refractivity contribution is 6.31. The molecule has 2 aromatic carbocycles. The van der Waals surface area contributed by atoms with E-state index in [9.17, 15) is 18.4 Å². The number of amides is 2. The molecule has 28 heavy (non-hydrogen) atoms. The first-order chi connectivity index (χ1) is 13.4. The Hall–Kier alpha value is -2.47. The van der Waals surface area contributed by atoms with Crippen LogP contribution in [0, 0.1) is 11.6 Å². The van der Waals surface area contributed by atoms with Crippen LogP contribution in [0.5, 0.6) is 0 Å². The summed E-state index contributed by atoms with van der Waals surface area (Å²) in [6.07, 6.45) is 0.104. The first-order valence-corrected chi connectivity index (χ1v) is 9.49. The lowest BCUT2D eigenvalue weighted by Gasteiger charge is -2.30. The second-order valence-electron chi connectivity index (χ2n) is 6.34. The zero-order valence-corrected chi connectivity index (χ0v) is 16.6. The molecular formula is C21H23ClF2N2O2. The van der Waals surface area contributed by atoms with Gasteiger partial charge in [0.1, 0.15) is 17.7 Å². The molecule has 2 rings (SSSR count). The largest absolute Gasteiger partial charge is 0.355 e. The van der Waals surface area contributed by atoms with Crippen LogP contribution in [0.4, 0.5) is 8.78 Å². The van der Waals surface area contributed by atoms with Crippen LogP contribution in [0.2, 0.25) is 5.02 Å². The number of hydrogen-bond acceptors (Lipinski definition) is 2. The number of halogens is 3. The third-order valence-corrected chi connectivity index (χ3v) is 4.75. The van der Waals surface area contributed by atoms with E-state index in [0.717, 1.165) is 0 Å². The van der Waals surface area contributed by atoms with Gasteiger partial charge in [-0.1, -0.05) is 36.7 Å². The van der Waals surface area contributed by atoms with E-state index < -0.39 is 23.6 Å². The van der Waals surface area contributed by atoms with Crippen molar-refractivity contribution in [3.63, 3.8) is 0 Å². The van der Waals surface area contributed by atoms with Crippen molar-refractivity contribution in [3.05, 3.63) is 70.2 Å². The molecule has 0 saturated carbocycles. The number of nitrogens with zero attached hydrogens (tertiary/aromatic N) is 1. The maximum Gasteiger partial charge on any atom is 0.242 e. The van der Waals surface area contributed by atoms with Gasteiger partial charge < -0.3 is 10.2 Å². The molecule has 0 bridgehead atoms. The Balaban J connectivity index is 2.33. The highest BCUT2D eigenvalue weighted by atomic mass is 35.5. The van der Waals surface area contributed by atoms with E-state index in [2.05, 4.69) is 5.32 Å². The van der Waals surface area contributed by atoms with Crippen LogP contribution in [0.15, 0.2) is 42.5 Å². The van der Waals surface area contributed by atoms with Crippen molar-refractivity contribution in [2.24, 2.45) is 0 Å². The molecule has 0 heterocycles. The van der Waals surface area contributed by atoms with Gasteiger partial charge in [-0.15, -0.1) is 0 Å². The molecule has 0 radical (unpaired) electrons. The molecule has 0 saturated heterocycles. The minimum absolute atomic E-state index is 0.0871. The predicted molar refractivity (Wildman–Crippen MR) is 105 cm³/mol. The third kappa shape index (κ3) is 5.52. The number of hydrogen-bond donors (Lipinski definition) is 1. The van der Waals surface area contributed by atoms with Gasteiger partial charge in [-0.25, -0.2) is 8.78 Å². The van der Waals surface area contributed by atoms with Gasteiger partial charge in [0.2, 0.25) is 11.8 Å². The third-order valence-electron chi connectivity index (χ3n) is 4.39. The Bertz CT molecular complexity index is 807. The Morgan fingerprint density at radius 1 is 1.11 bits per heavy atom. The van der Waals surface area contributed by atoms with Crippen molar-refractivity contribution in [1.29, 1.82) is 0 Å². The van der Waals surface area contributed by atoms with Crippen molar-refractivity contribution < 1.29 is 18.4 Å². The fraction of sp³-hybridized carbons (Fsp3) is 0.333. The van der Waals surface area contributed by atoms with Gasteiger partial charge >= 0.3 is 0 Å². The maximum absolute atomic E-state index is 14.1. The summed E-state index contributed by atoms with van der Waals surface area (Å²) in [4.78, 5) is 26.9. The van der Waals surface area contributed by atoms with Gasteiger partial charge in [0, 0.05) is 23.7 Å². The van der Waals surface area contributed by atoms with Gasteiger partial charge in [0.15, 0.2) is 0 Å². The lowest BCUT2D eigenvalue weighted by molar-refractivity contribution is -0.140. The number of likely N-dealkylation sites (N-methyl/N-ethyl adjacent to an activating group) is 1. The molecule has 0 spiro atoms. The minimum Gasteiger partial charge on any atom is -0.355 e. The first kappa shape index (κ1) is 21.8. The highest BCUT2D eigenvalue weighted by Gasteiger charge is 2.29. The zero-order chi connectivity index (χ0) is 20.7. The van der Waals surface area contributed by atoms with Crippen LogP contribution in [0.1, 0.15) is 31.4 Å². The summed E-state index contributed by atoms with van der Waals surface area (Å²) in [5.41, 5.74) is 0.751. The standard InChI is InChI=1S/C21H23ClF2N2O2/c1-3-19(21(28)25-4-2)26(13-14-8-10-15(23)11-9-14)20(27)12-16-17(22)6-5-7-18(16)24/h5-11,19H,3-4,12-13H2,1-2H3,(H,25,28)/t19-/m1/s1. The van der Waals surface area contributed by atoms with Crippen molar-refractivity contribution in [2.75, 3.05) is 6.54 Å². The van der Waals surface area contributed by atoms with E-state index in [0.29, 0.717) is 18.5 Å². The maximum atomic E-state index is 14.1. The minimum atomic E-state index is -0.733. The summed E-state index contributed by atoms with van der Waals surface area (Å²) >= 11 is 6.05. The molecule has 0 aliphatic rings. The number of rotatable bonds is 8. The fourth-order valence-corrected chi connectivity index (χ4v) is 3.18. The van der Waals surface area contributed by atoms with Crippen LogP contribution in [0.3, 0.4) is 0 Å². The quantitative estimate of drug-likeness (QED) is 0.714. The lowest BCUT2D eigenvalue weighted by atomic mass is 10.1. The smallest absolute Gasteiger partial charge is 0.242 e. The molecule has 150 valence electrons. The molecule has 0 aliphatic heterocycles. The Morgan fingerprint density at radius 3 is 2.36 bits per heavy atom. The molecule has 0 aliphatic carbocycles. The van der Waals surface area contributed by atoms with Crippen LogP contribution < -0.4 is 5.32 Å². The molecule has 2 aromatic rings. The van der Waals surface area contributed by atoms with Gasteiger partial charge in [-0.05, 0) is 43.2 Å². The average molecular weight is 409 g/mol. The van der Waals surface area contributed by atoms with Crippen molar-refractivity contribution in [1.82, 2.24) is 10.2 Å². The van der Waals surface area contributed by atoms with Gasteiger partial charge in [0.05, 0.1) is 6.42 Å². The summed E-state index contributed by atoms with van der Waals surface area (Å²) in [5, 5.41) is 2.87. The van der Waals surface area contributed by atoms with E-state index in [1.54, 1.807) is 26.0 Å². The average Bonchev–Trinajstić information content (AvgIpc) is 2.66. The monoisotopic (exact) mass is 408 g/mol. The van der Waals surface area contributed by atoms with Crippen molar-refractivity contribution in [3.8, 4) is 0 Å². The van der Waals surface area contributed by atoms with Crippen LogP contribution in [0.25, 0.3) is 0 Å². The van der Waals surface area contributed by atoms with Crippen molar-refractivity contribution in [2.45, 2.75) is 39.3 Å². The highest BCUT2D eigenvalue weighted by Crippen LogP contribution is 2.22. The fourth-order valence-electron chi connectivity index (χ4n) is 2.95. The van der Waals surface area contributed by atoms with Crippen LogP contribution in [-0.4, -0.2) is 29.3 Å². The molecule has 0 unspecified atom stereocenters.